The molecule has 19 heavy (non-hydrogen) atoms. The molecule has 1 N–H and O–H groups in total. The van der Waals surface area contributed by atoms with Crippen LogP contribution in [0, 0.1) is 13.8 Å². The van der Waals surface area contributed by atoms with Gasteiger partial charge < -0.3 is 0 Å². The Bertz CT molecular complexity index is 630. The van der Waals surface area contributed by atoms with E-state index in [4.69, 9.17) is 0 Å². The quantitative estimate of drug-likeness (QED) is 0.912. The van der Waals surface area contributed by atoms with E-state index in [0.717, 1.165) is 28.6 Å². The minimum atomic E-state index is -0.140. The second-order valence-corrected chi connectivity index (χ2v) is 5.70. The van der Waals surface area contributed by atoms with Gasteiger partial charge in [0.1, 0.15) is 0 Å². The Morgan fingerprint density at radius 2 is 2.00 bits per heavy atom. The molecule has 1 aliphatic heterocycles. The van der Waals surface area contributed by atoms with E-state index in [1.807, 2.05) is 36.6 Å². The third-order valence-corrected chi connectivity index (χ3v) is 3.92. The SMILES string of the molecule is Cc1cc(C)cc(C(=O)Nc2nnc3n2CCS3)c1. The van der Waals surface area contributed by atoms with Crippen molar-refractivity contribution in [2.75, 3.05) is 11.1 Å². The monoisotopic (exact) mass is 274 g/mol. The number of aromatic nitrogens is 3. The average molecular weight is 274 g/mol. The van der Waals surface area contributed by atoms with Crippen molar-refractivity contribution in [3.8, 4) is 0 Å². The summed E-state index contributed by atoms with van der Waals surface area (Å²) in [5.74, 6) is 1.38. The molecule has 0 saturated carbocycles. The number of thioether (sulfide) groups is 1. The zero-order valence-corrected chi connectivity index (χ0v) is 11.6. The van der Waals surface area contributed by atoms with E-state index in [1.165, 1.54) is 0 Å². The van der Waals surface area contributed by atoms with E-state index in [9.17, 15) is 4.79 Å². The third-order valence-electron chi connectivity index (χ3n) is 2.97. The van der Waals surface area contributed by atoms with E-state index in [1.54, 1.807) is 11.8 Å². The number of nitrogens with zero attached hydrogens (tertiary/aromatic N) is 3. The summed E-state index contributed by atoms with van der Waals surface area (Å²) in [7, 11) is 0. The van der Waals surface area contributed by atoms with Gasteiger partial charge in [-0.05, 0) is 26.0 Å². The molecule has 3 rings (SSSR count). The second kappa shape index (κ2) is 4.70. The van der Waals surface area contributed by atoms with Crippen LogP contribution in [0.4, 0.5) is 5.95 Å². The number of nitrogens with one attached hydrogen (secondary N) is 1. The summed E-state index contributed by atoms with van der Waals surface area (Å²) < 4.78 is 1.94. The zero-order chi connectivity index (χ0) is 13.4. The second-order valence-electron chi connectivity index (χ2n) is 4.64. The Labute approximate surface area is 115 Å². The van der Waals surface area contributed by atoms with E-state index in [-0.39, 0.29) is 5.91 Å². The first-order valence-electron chi connectivity index (χ1n) is 6.09. The summed E-state index contributed by atoms with van der Waals surface area (Å²) in [5.41, 5.74) is 2.81. The first kappa shape index (κ1) is 12.2. The Kier molecular flexibility index (Phi) is 3.02. The summed E-state index contributed by atoms with van der Waals surface area (Å²) in [4.78, 5) is 12.2. The number of aryl methyl sites for hydroxylation is 2. The van der Waals surface area contributed by atoms with Gasteiger partial charge in [0.15, 0.2) is 5.16 Å². The summed E-state index contributed by atoms with van der Waals surface area (Å²) in [6.45, 7) is 4.81. The third kappa shape index (κ3) is 2.35. The molecule has 1 aromatic carbocycles. The van der Waals surface area contributed by atoms with Crippen LogP contribution in [0.15, 0.2) is 23.4 Å². The van der Waals surface area contributed by atoms with Crippen molar-refractivity contribution in [1.82, 2.24) is 14.8 Å². The highest BCUT2D eigenvalue weighted by molar-refractivity contribution is 7.99. The van der Waals surface area contributed by atoms with Gasteiger partial charge >= 0.3 is 0 Å². The van der Waals surface area contributed by atoms with Gasteiger partial charge in [-0.3, -0.25) is 14.7 Å². The molecule has 1 aliphatic rings. The molecule has 0 saturated heterocycles. The molecule has 0 fully saturated rings. The fourth-order valence-electron chi connectivity index (χ4n) is 2.20. The highest BCUT2D eigenvalue weighted by Gasteiger charge is 2.19. The molecule has 0 bridgehead atoms. The van der Waals surface area contributed by atoms with Crippen LogP contribution >= 0.6 is 11.8 Å². The number of hydrogen-bond donors (Lipinski definition) is 1. The molecule has 6 heteroatoms. The zero-order valence-electron chi connectivity index (χ0n) is 10.8. The van der Waals surface area contributed by atoms with Crippen LogP contribution in [-0.2, 0) is 6.54 Å². The predicted molar refractivity (Wildman–Crippen MR) is 74.6 cm³/mol. The molecular formula is C13H14N4OS. The van der Waals surface area contributed by atoms with Crippen LogP contribution in [0.5, 0.6) is 0 Å². The summed E-state index contributed by atoms with van der Waals surface area (Å²) in [6.07, 6.45) is 0. The van der Waals surface area contributed by atoms with Gasteiger partial charge in [0.05, 0.1) is 0 Å². The van der Waals surface area contributed by atoms with Crippen LogP contribution < -0.4 is 5.32 Å². The van der Waals surface area contributed by atoms with Crippen molar-refractivity contribution in [2.45, 2.75) is 25.5 Å². The number of amides is 1. The van der Waals surface area contributed by atoms with Crippen LogP contribution in [0.2, 0.25) is 0 Å². The van der Waals surface area contributed by atoms with E-state index < -0.39 is 0 Å². The van der Waals surface area contributed by atoms with Crippen LogP contribution in [0.25, 0.3) is 0 Å². The van der Waals surface area contributed by atoms with Crippen molar-refractivity contribution in [3.05, 3.63) is 34.9 Å². The largest absolute Gasteiger partial charge is 0.290 e. The number of hydrogen-bond acceptors (Lipinski definition) is 4. The smallest absolute Gasteiger partial charge is 0.258 e. The van der Waals surface area contributed by atoms with Gasteiger partial charge in [0.25, 0.3) is 5.91 Å². The number of rotatable bonds is 2. The van der Waals surface area contributed by atoms with Crippen LogP contribution in [-0.4, -0.2) is 26.4 Å². The van der Waals surface area contributed by atoms with Gasteiger partial charge in [-0.1, -0.05) is 29.0 Å². The van der Waals surface area contributed by atoms with Gasteiger partial charge in [-0.15, -0.1) is 10.2 Å². The fourth-order valence-corrected chi connectivity index (χ4v) is 3.09. The molecule has 0 atom stereocenters. The van der Waals surface area contributed by atoms with Gasteiger partial charge in [-0.2, -0.15) is 0 Å². The first-order chi connectivity index (χ1) is 9.13. The maximum absolute atomic E-state index is 12.2. The normalized spacial score (nSPS) is 13.4. The van der Waals surface area contributed by atoms with Gasteiger partial charge in [0, 0.05) is 17.9 Å². The minimum Gasteiger partial charge on any atom is -0.290 e. The van der Waals surface area contributed by atoms with Gasteiger partial charge in [-0.25, -0.2) is 0 Å². The molecule has 0 unspecified atom stereocenters. The molecule has 0 radical (unpaired) electrons. The molecule has 1 amide bonds. The van der Waals surface area contributed by atoms with Crippen molar-refractivity contribution < 1.29 is 4.79 Å². The van der Waals surface area contributed by atoms with Crippen molar-refractivity contribution >= 4 is 23.6 Å². The lowest BCUT2D eigenvalue weighted by molar-refractivity contribution is 0.102. The minimum absolute atomic E-state index is 0.140. The number of anilines is 1. The Morgan fingerprint density at radius 3 is 2.74 bits per heavy atom. The number of carbonyl (C=O) groups is 1. The van der Waals surface area contributed by atoms with E-state index >= 15 is 0 Å². The average Bonchev–Trinajstić information content (AvgIpc) is 2.92. The first-order valence-corrected chi connectivity index (χ1v) is 7.08. The topological polar surface area (TPSA) is 59.8 Å². The molecule has 2 heterocycles. The summed E-state index contributed by atoms with van der Waals surface area (Å²) in [5, 5.41) is 11.7. The van der Waals surface area contributed by atoms with Crippen LogP contribution in [0.1, 0.15) is 21.5 Å². The Balaban J connectivity index is 1.84. The number of fused-ring (bicyclic) bond motifs is 1. The molecule has 98 valence electrons. The van der Waals surface area contributed by atoms with E-state index in [0.29, 0.717) is 11.5 Å². The molecular weight excluding hydrogens is 260 g/mol. The van der Waals surface area contributed by atoms with Crippen molar-refractivity contribution in [2.24, 2.45) is 0 Å². The lowest BCUT2D eigenvalue weighted by Crippen LogP contribution is -2.16. The predicted octanol–water partition coefficient (Wildman–Crippen LogP) is 2.25. The molecule has 0 aliphatic carbocycles. The van der Waals surface area contributed by atoms with Crippen LogP contribution in [0.3, 0.4) is 0 Å². The maximum Gasteiger partial charge on any atom is 0.258 e. The highest BCUT2D eigenvalue weighted by atomic mass is 32.2. The molecule has 2 aromatic rings. The number of benzene rings is 1. The Hall–Kier alpha value is -1.82. The standard InChI is InChI=1S/C13H14N4OS/c1-8-5-9(2)7-10(6-8)11(18)14-12-15-16-13-17(12)3-4-19-13/h5-7H,3-4H2,1-2H3,(H,14,15,18). The maximum atomic E-state index is 12.2. The fraction of sp³-hybridized carbons (Fsp3) is 0.308. The highest BCUT2D eigenvalue weighted by Crippen LogP contribution is 2.26. The Morgan fingerprint density at radius 1 is 1.26 bits per heavy atom. The number of carbonyl (C=O) groups excluding carboxylic acids is 1. The van der Waals surface area contributed by atoms with Crippen molar-refractivity contribution in [1.29, 1.82) is 0 Å². The summed E-state index contributed by atoms with van der Waals surface area (Å²) >= 11 is 1.65. The lowest BCUT2D eigenvalue weighted by atomic mass is 10.1. The molecule has 1 aromatic heterocycles. The summed E-state index contributed by atoms with van der Waals surface area (Å²) in [6, 6.07) is 5.79. The lowest BCUT2D eigenvalue weighted by Gasteiger charge is -2.06. The van der Waals surface area contributed by atoms with Crippen molar-refractivity contribution in [3.63, 3.8) is 0 Å². The molecule has 5 nitrogen and oxygen atoms in total. The van der Waals surface area contributed by atoms with Gasteiger partial charge in [0.2, 0.25) is 5.95 Å². The van der Waals surface area contributed by atoms with E-state index in [2.05, 4.69) is 15.5 Å². The molecule has 0 spiro atoms.